The first-order valence-electron chi connectivity index (χ1n) is 4.53. The number of hydrogen-bond acceptors (Lipinski definition) is 4. The molecule has 1 atom stereocenters. The van der Waals surface area contributed by atoms with Gasteiger partial charge in [0.1, 0.15) is 5.82 Å². The predicted molar refractivity (Wildman–Crippen MR) is 58.3 cm³/mol. The van der Waals surface area contributed by atoms with Gasteiger partial charge in [0, 0.05) is 11.6 Å². The van der Waals surface area contributed by atoms with Crippen LogP contribution in [-0.4, -0.2) is 9.97 Å². The Morgan fingerprint density at radius 1 is 1.40 bits per heavy atom. The average Bonchev–Trinajstić information content (AvgIpc) is 2.71. The van der Waals surface area contributed by atoms with E-state index in [-0.39, 0.29) is 11.9 Å². The third kappa shape index (κ3) is 2.50. The molecular weight excluding hydrogens is 213 g/mol. The Kier molecular flexibility index (Phi) is 2.91. The van der Waals surface area contributed by atoms with E-state index in [1.54, 1.807) is 12.3 Å². The van der Waals surface area contributed by atoms with E-state index in [0.717, 1.165) is 10.8 Å². The molecule has 0 saturated heterocycles. The van der Waals surface area contributed by atoms with Crippen LogP contribution >= 0.6 is 11.3 Å². The topological polar surface area (TPSA) is 37.8 Å². The average molecular weight is 223 g/mol. The second-order valence-corrected chi connectivity index (χ2v) is 4.00. The zero-order valence-electron chi connectivity index (χ0n) is 8.14. The van der Waals surface area contributed by atoms with Gasteiger partial charge in [0.25, 0.3) is 0 Å². The van der Waals surface area contributed by atoms with Crippen LogP contribution in [0, 0.1) is 5.82 Å². The van der Waals surface area contributed by atoms with E-state index in [1.165, 1.54) is 23.6 Å². The van der Waals surface area contributed by atoms with E-state index < -0.39 is 0 Å². The summed E-state index contributed by atoms with van der Waals surface area (Å²) >= 11 is 1.52. The van der Waals surface area contributed by atoms with Crippen LogP contribution < -0.4 is 5.32 Å². The van der Waals surface area contributed by atoms with Crippen molar-refractivity contribution in [2.45, 2.75) is 13.0 Å². The summed E-state index contributed by atoms with van der Waals surface area (Å²) in [7, 11) is 0. The largest absolute Gasteiger partial charge is 0.353 e. The van der Waals surface area contributed by atoms with Crippen molar-refractivity contribution in [1.82, 2.24) is 9.97 Å². The Hall–Kier alpha value is -1.49. The van der Waals surface area contributed by atoms with Crippen LogP contribution in [0.25, 0.3) is 0 Å². The molecule has 15 heavy (non-hydrogen) atoms. The van der Waals surface area contributed by atoms with Crippen molar-refractivity contribution < 1.29 is 4.39 Å². The number of anilines is 1. The molecule has 0 spiro atoms. The number of nitrogens with one attached hydrogen (secondary N) is 1. The van der Waals surface area contributed by atoms with Gasteiger partial charge in [0.05, 0.1) is 17.9 Å². The molecule has 2 rings (SSSR count). The third-order valence-electron chi connectivity index (χ3n) is 1.97. The standard InChI is InChI=1S/C10H10FN3S/c1-7(14-10-12-4-5-15-10)9-3-2-8(11)6-13-9/h2-7H,1H3,(H,12,14). The summed E-state index contributed by atoms with van der Waals surface area (Å²) in [4.78, 5) is 8.10. The quantitative estimate of drug-likeness (QED) is 0.869. The number of halogens is 1. The van der Waals surface area contributed by atoms with Gasteiger partial charge in [-0.1, -0.05) is 0 Å². The van der Waals surface area contributed by atoms with Gasteiger partial charge in [0.15, 0.2) is 5.13 Å². The second kappa shape index (κ2) is 4.35. The van der Waals surface area contributed by atoms with Crippen molar-refractivity contribution in [2.24, 2.45) is 0 Å². The molecule has 0 amide bonds. The molecule has 0 aliphatic heterocycles. The molecule has 0 bridgehead atoms. The van der Waals surface area contributed by atoms with Crippen molar-refractivity contribution in [1.29, 1.82) is 0 Å². The zero-order chi connectivity index (χ0) is 10.7. The Bertz CT molecular complexity index is 413. The van der Waals surface area contributed by atoms with Crippen LogP contribution in [0.4, 0.5) is 9.52 Å². The van der Waals surface area contributed by atoms with Gasteiger partial charge >= 0.3 is 0 Å². The van der Waals surface area contributed by atoms with Crippen LogP contribution in [0.1, 0.15) is 18.7 Å². The highest BCUT2D eigenvalue weighted by molar-refractivity contribution is 7.13. The number of thiazole rings is 1. The minimum atomic E-state index is -0.319. The lowest BCUT2D eigenvalue weighted by molar-refractivity contribution is 0.617. The highest BCUT2D eigenvalue weighted by Gasteiger charge is 2.07. The van der Waals surface area contributed by atoms with Crippen molar-refractivity contribution >= 4 is 16.5 Å². The second-order valence-electron chi connectivity index (χ2n) is 3.10. The van der Waals surface area contributed by atoms with Crippen LogP contribution in [0.15, 0.2) is 29.9 Å². The van der Waals surface area contributed by atoms with E-state index in [4.69, 9.17) is 0 Å². The first-order valence-corrected chi connectivity index (χ1v) is 5.41. The number of pyridine rings is 1. The number of aromatic nitrogens is 2. The molecule has 2 aromatic rings. The summed E-state index contributed by atoms with van der Waals surface area (Å²) in [5, 5.41) is 5.92. The van der Waals surface area contributed by atoms with E-state index in [0.29, 0.717) is 0 Å². The number of nitrogens with zero attached hydrogens (tertiary/aromatic N) is 2. The maximum Gasteiger partial charge on any atom is 0.183 e. The minimum absolute atomic E-state index is 0.0248. The lowest BCUT2D eigenvalue weighted by Crippen LogP contribution is -2.08. The van der Waals surface area contributed by atoms with Crippen molar-refractivity contribution in [2.75, 3.05) is 5.32 Å². The summed E-state index contributed by atoms with van der Waals surface area (Å²) in [6, 6.07) is 3.10. The maximum atomic E-state index is 12.6. The molecule has 1 N–H and O–H groups in total. The van der Waals surface area contributed by atoms with Crippen LogP contribution in [-0.2, 0) is 0 Å². The molecule has 0 fully saturated rings. The molecule has 0 saturated carbocycles. The molecule has 78 valence electrons. The molecular formula is C10H10FN3S. The summed E-state index contributed by atoms with van der Waals surface area (Å²) in [6.45, 7) is 1.96. The fraction of sp³-hybridized carbons (Fsp3) is 0.200. The normalized spacial score (nSPS) is 12.4. The molecule has 0 aromatic carbocycles. The van der Waals surface area contributed by atoms with Crippen molar-refractivity contribution in [3.8, 4) is 0 Å². The van der Waals surface area contributed by atoms with Gasteiger partial charge < -0.3 is 5.32 Å². The van der Waals surface area contributed by atoms with E-state index in [1.807, 2.05) is 12.3 Å². The van der Waals surface area contributed by atoms with E-state index in [2.05, 4.69) is 15.3 Å². The van der Waals surface area contributed by atoms with Gasteiger partial charge in [-0.15, -0.1) is 11.3 Å². The summed E-state index contributed by atoms with van der Waals surface area (Å²) < 4.78 is 12.6. The minimum Gasteiger partial charge on any atom is -0.353 e. The van der Waals surface area contributed by atoms with Gasteiger partial charge in [-0.3, -0.25) is 4.98 Å². The molecule has 3 nitrogen and oxygen atoms in total. The first-order chi connectivity index (χ1) is 7.25. The van der Waals surface area contributed by atoms with Gasteiger partial charge in [0.2, 0.25) is 0 Å². The van der Waals surface area contributed by atoms with Crippen LogP contribution in [0.2, 0.25) is 0 Å². The highest BCUT2D eigenvalue weighted by atomic mass is 32.1. The molecule has 5 heteroatoms. The fourth-order valence-electron chi connectivity index (χ4n) is 1.20. The molecule has 2 aromatic heterocycles. The van der Waals surface area contributed by atoms with E-state index >= 15 is 0 Å². The summed E-state index contributed by atoms with van der Waals surface area (Å²) in [5.41, 5.74) is 0.798. The SMILES string of the molecule is CC(Nc1nccs1)c1ccc(F)cn1. The fourth-order valence-corrected chi connectivity index (χ4v) is 1.81. The molecule has 0 radical (unpaired) electrons. The van der Waals surface area contributed by atoms with Crippen molar-refractivity contribution in [3.63, 3.8) is 0 Å². The van der Waals surface area contributed by atoms with Gasteiger partial charge in [-0.2, -0.15) is 0 Å². The lowest BCUT2D eigenvalue weighted by Gasteiger charge is -2.11. The lowest BCUT2D eigenvalue weighted by atomic mass is 10.2. The smallest absolute Gasteiger partial charge is 0.183 e. The van der Waals surface area contributed by atoms with Gasteiger partial charge in [-0.25, -0.2) is 9.37 Å². The maximum absolute atomic E-state index is 12.6. The molecule has 0 aliphatic carbocycles. The Morgan fingerprint density at radius 2 is 2.27 bits per heavy atom. The van der Waals surface area contributed by atoms with Crippen LogP contribution in [0.3, 0.4) is 0 Å². The molecule has 0 aliphatic rings. The van der Waals surface area contributed by atoms with Gasteiger partial charge in [-0.05, 0) is 19.1 Å². The summed E-state index contributed by atoms with van der Waals surface area (Å²) in [5.74, 6) is -0.319. The van der Waals surface area contributed by atoms with E-state index in [9.17, 15) is 4.39 Å². The summed E-state index contributed by atoms with van der Waals surface area (Å²) in [6.07, 6.45) is 2.95. The molecule has 1 unspecified atom stereocenters. The zero-order valence-corrected chi connectivity index (χ0v) is 8.96. The Labute approximate surface area is 91.0 Å². The van der Waals surface area contributed by atoms with Crippen molar-refractivity contribution in [3.05, 3.63) is 41.4 Å². The predicted octanol–water partition coefficient (Wildman–Crippen LogP) is 2.85. The van der Waals surface area contributed by atoms with Crippen LogP contribution in [0.5, 0.6) is 0 Å². The highest BCUT2D eigenvalue weighted by Crippen LogP contribution is 2.19. The number of rotatable bonds is 3. The first kappa shape index (κ1) is 10.0. The third-order valence-corrected chi connectivity index (χ3v) is 2.67. The Morgan fingerprint density at radius 3 is 2.87 bits per heavy atom. The Balaban J connectivity index is 2.08. The monoisotopic (exact) mass is 223 g/mol. The molecule has 2 heterocycles. The number of hydrogen-bond donors (Lipinski definition) is 1.